The third kappa shape index (κ3) is 4.80. The van der Waals surface area contributed by atoms with E-state index in [2.05, 4.69) is 11.6 Å². The van der Waals surface area contributed by atoms with Crippen LogP contribution in [0.3, 0.4) is 0 Å². The third-order valence-electron chi connectivity index (χ3n) is 4.23. The predicted octanol–water partition coefficient (Wildman–Crippen LogP) is 5.72. The largest absolute Gasteiger partial charge is 0.443 e. The number of carbonyl (C=O) groups is 1. The molecule has 146 valence electrons. The summed E-state index contributed by atoms with van der Waals surface area (Å²) in [6.07, 6.45) is 1.22. The Balaban J connectivity index is 2.13. The van der Waals surface area contributed by atoms with E-state index < -0.39 is 11.7 Å². The fourth-order valence-electron chi connectivity index (χ4n) is 2.98. The molecule has 1 heterocycles. The lowest BCUT2D eigenvalue weighted by atomic mass is 10.0. The Morgan fingerprint density at radius 1 is 1.17 bits per heavy atom. The minimum atomic E-state index is -0.660. The summed E-state index contributed by atoms with van der Waals surface area (Å²) in [6.45, 7) is 9.23. The van der Waals surface area contributed by atoms with E-state index in [4.69, 9.17) is 4.74 Å². The van der Waals surface area contributed by atoms with Crippen molar-refractivity contribution in [3.8, 4) is 17.3 Å². The van der Waals surface area contributed by atoms with E-state index in [1.807, 2.05) is 81.4 Å². The molecule has 1 aromatic heterocycles. The fourth-order valence-corrected chi connectivity index (χ4v) is 2.98. The SMILES string of the molecule is C=C(C#N)CN(C(=O)OC(C)(C)C)c1cccc2ccc(-c3ccccn3)cc12. The minimum absolute atomic E-state index is 0.0539. The Kier molecular flexibility index (Phi) is 5.65. The van der Waals surface area contributed by atoms with Crippen LogP contribution in [-0.2, 0) is 4.74 Å². The van der Waals surface area contributed by atoms with Crippen molar-refractivity contribution < 1.29 is 9.53 Å². The highest BCUT2D eigenvalue weighted by atomic mass is 16.6. The molecule has 0 radical (unpaired) electrons. The van der Waals surface area contributed by atoms with E-state index in [9.17, 15) is 10.1 Å². The van der Waals surface area contributed by atoms with Crippen LogP contribution in [0.15, 0.2) is 72.9 Å². The molecule has 5 nitrogen and oxygen atoms in total. The first-order valence-corrected chi connectivity index (χ1v) is 9.31. The molecule has 0 N–H and O–H groups in total. The maximum atomic E-state index is 13.0. The molecule has 0 fully saturated rings. The number of pyridine rings is 1. The first-order valence-electron chi connectivity index (χ1n) is 9.31. The van der Waals surface area contributed by atoms with Gasteiger partial charge >= 0.3 is 6.09 Å². The van der Waals surface area contributed by atoms with Crippen molar-refractivity contribution in [3.05, 3.63) is 72.9 Å². The van der Waals surface area contributed by atoms with E-state index >= 15 is 0 Å². The average Bonchev–Trinajstić information content (AvgIpc) is 2.70. The molecule has 1 amide bonds. The van der Waals surface area contributed by atoms with Crippen LogP contribution >= 0.6 is 0 Å². The number of nitrogens with zero attached hydrogens (tertiary/aromatic N) is 3. The van der Waals surface area contributed by atoms with Gasteiger partial charge in [-0.05, 0) is 50.4 Å². The number of benzene rings is 2. The van der Waals surface area contributed by atoms with Crippen molar-refractivity contribution in [1.29, 1.82) is 5.26 Å². The number of hydrogen-bond acceptors (Lipinski definition) is 4. The Hall–Kier alpha value is -3.65. The van der Waals surface area contributed by atoms with Gasteiger partial charge in [0, 0.05) is 22.7 Å². The fraction of sp³-hybridized carbons (Fsp3) is 0.208. The van der Waals surface area contributed by atoms with Gasteiger partial charge in [-0.3, -0.25) is 9.88 Å². The molecule has 0 aliphatic rings. The highest BCUT2D eigenvalue weighted by Crippen LogP contribution is 2.32. The van der Waals surface area contributed by atoms with Crippen LogP contribution < -0.4 is 4.90 Å². The number of fused-ring (bicyclic) bond motifs is 1. The van der Waals surface area contributed by atoms with E-state index in [-0.39, 0.29) is 12.1 Å². The van der Waals surface area contributed by atoms with Crippen molar-refractivity contribution in [2.45, 2.75) is 26.4 Å². The molecule has 0 aliphatic carbocycles. The zero-order chi connectivity index (χ0) is 21.0. The molecule has 29 heavy (non-hydrogen) atoms. The molecule has 0 unspecified atom stereocenters. The van der Waals surface area contributed by atoms with Gasteiger partial charge in [0.2, 0.25) is 0 Å². The lowest BCUT2D eigenvalue weighted by molar-refractivity contribution is 0.0584. The van der Waals surface area contributed by atoms with Crippen molar-refractivity contribution in [1.82, 2.24) is 4.98 Å². The van der Waals surface area contributed by atoms with E-state index in [1.54, 1.807) is 6.20 Å². The van der Waals surface area contributed by atoms with Gasteiger partial charge in [-0.15, -0.1) is 0 Å². The van der Waals surface area contributed by atoms with Gasteiger partial charge in [0.25, 0.3) is 0 Å². The zero-order valence-electron chi connectivity index (χ0n) is 16.8. The number of hydrogen-bond donors (Lipinski definition) is 0. The molecule has 0 aliphatic heterocycles. The van der Waals surface area contributed by atoms with Crippen LogP contribution in [0.5, 0.6) is 0 Å². The Morgan fingerprint density at radius 2 is 1.97 bits per heavy atom. The number of ether oxygens (including phenoxy) is 1. The van der Waals surface area contributed by atoms with Gasteiger partial charge < -0.3 is 4.74 Å². The predicted molar refractivity (Wildman–Crippen MR) is 116 cm³/mol. The Bertz CT molecular complexity index is 1090. The second-order valence-corrected chi connectivity index (χ2v) is 7.71. The van der Waals surface area contributed by atoms with Crippen LogP contribution in [0, 0.1) is 11.3 Å². The van der Waals surface area contributed by atoms with Crippen molar-refractivity contribution in [2.24, 2.45) is 0 Å². The summed E-state index contributed by atoms with van der Waals surface area (Å²) in [5.41, 5.74) is 2.05. The van der Waals surface area contributed by atoms with Crippen LogP contribution in [0.25, 0.3) is 22.0 Å². The van der Waals surface area contributed by atoms with Crippen molar-refractivity contribution >= 4 is 22.6 Å². The maximum absolute atomic E-state index is 13.0. The van der Waals surface area contributed by atoms with E-state index in [0.717, 1.165) is 22.0 Å². The standard InChI is InChI=1S/C24H23N3O2/c1-17(15-25)16-27(23(28)29-24(2,3)4)22-10-7-8-18-11-12-19(14-20(18)22)21-9-5-6-13-26-21/h5-14H,1,16H2,2-4H3. The summed E-state index contributed by atoms with van der Waals surface area (Å²) in [7, 11) is 0. The number of carbonyl (C=O) groups excluding carboxylic acids is 1. The third-order valence-corrected chi connectivity index (χ3v) is 4.23. The van der Waals surface area contributed by atoms with Gasteiger partial charge in [-0.25, -0.2) is 4.79 Å². The molecule has 0 spiro atoms. The van der Waals surface area contributed by atoms with Crippen LogP contribution in [0.2, 0.25) is 0 Å². The summed E-state index contributed by atoms with van der Waals surface area (Å²) in [5, 5.41) is 11.1. The summed E-state index contributed by atoms with van der Waals surface area (Å²) in [6, 6.07) is 19.5. The highest BCUT2D eigenvalue weighted by Gasteiger charge is 2.25. The lowest BCUT2D eigenvalue weighted by Gasteiger charge is -2.28. The van der Waals surface area contributed by atoms with Gasteiger partial charge in [-0.1, -0.05) is 36.9 Å². The van der Waals surface area contributed by atoms with Gasteiger partial charge in [-0.2, -0.15) is 5.26 Å². The first kappa shape index (κ1) is 20.1. The number of anilines is 1. The Morgan fingerprint density at radius 3 is 2.62 bits per heavy atom. The van der Waals surface area contributed by atoms with Crippen molar-refractivity contribution in [2.75, 3.05) is 11.4 Å². The monoisotopic (exact) mass is 385 g/mol. The molecule has 5 heteroatoms. The quantitative estimate of drug-likeness (QED) is 0.539. The smallest absolute Gasteiger partial charge is 0.415 e. The molecule has 3 rings (SSSR count). The summed E-state index contributed by atoms with van der Waals surface area (Å²) < 4.78 is 5.59. The summed E-state index contributed by atoms with van der Waals surface area (Å²) >= 11 is 0. The number of amides is 1. The normalized spacial score (nSPS) is 11.0. The van der Waals surface area contributed by atoms with Crippen LogP contribution in [-0.4, -0.2) is 23.2 Å². The summed E-state index contributed by atoms with van der Waals surface area (Å²) in [4.78, 5) is 18.8. The second-order valence-electron chi connectivity index (χ2n) is 7.71. The number of nitriles is 1. The van der Waals surface area contributed by atoms with Gasteiger partial charge in [0.1, 0.15) is 5.60 Å². The van der Waals surface area contributed by atoms with Crippen LogP contribution in [0.1, 0.15) is 20.8 Å². The van der Waals surface area contributed by atoms with Crippen LogP contribution in [0.4, 0.5) is 10.5 Å². The molecular formula is C24H23N3O2. The molecule has 0 atom stereocenters. The Labute approximate surface area is 170 Å². The molecule has 2 aromatic carbocycles. The zero-order valence-corrected chi connectivity index (χ0v) is 16.8. The maximum Gasteiger partial charge on any atom is 0.415 e. The highest BCUT2D eigenvalue weighted by molar-refractivity contribution is 6.03. The molecular weight excluding hydrogens is 362 g/mol. The molecule has 0 saturated heterocycles. The molecule has 0 bridgehead atoms. The minimum Gasteiger partial charge on any atom is -0.443 e. The number of aromatic nitrogens is 1. The lowest BCUT2D eigenvalue weighted by Crippen LogP contribution is -2.38. The first-order chi connectivity index (χ1) is 13.8. The van der Waals surface area contributed by atoms with Gasteiger partial charge in [0.15, 0.2) is 0 Å². The molecule has 0 saturated carbocycles. The van der Waals surface area contributed by atoms with E-state index in [1.165, 1.54) is 4.90 Å². The number of rotatable bonds is 4. The van der Waals surface area contributed by atoms with E-state index in [0.29, 0.717) is 5.69 Å². The average molecular weight is 385 g/mol. The van der Waals surface area contributed by atoms with Gasteiger partial charge in [0.05, 0.1) is 24.0 Å². The topological polar surface area (TPSA) is 66.2 Å². The van der Waals surface area contributed by atoms with Crippen molar-refractivity contribution in [3.63, 3.8) is 0 Å². The second kappa shape index (κ2) is 8.15. The molecule has 3 aromatic rings. The summed E-state index contributed by atoms with van der Waals surface area (Å²) in [5.74, 6) is 0.